The van der Waals surface area contributed by atoms with Crippen LogP contribution in [0.25, 0.3) is 0 Å². The van der Waals surface area contributed by atoms with Gasteiger partial charge in [0.05, 0.1) is 17.0 Å². The molecule has 0 aromatic heterocycles. The summed E-state index contributed by atoms with van der Waals surface area (Å²) in [6.45, 7) is -0.0584. The molecule has 2 aromatic rings. The number of benzene rings is 2. The molecule has 0 bridgehead atoms. The summed E-state index contributed by atoms with van der Waals surface area (Å²) >= 11 is 0. The van der Waals surface area contributed by atoms with Crippen LogP contribution in [0.15, 0.2) is 30.3 Å². The highest BCUT2D eigenvalue weighted by Crippen LogP contribution is 2.39. The van der Waals surface area contributed by atoms with Crippen molar-refractivity contribution in [3.8, 4) is 29.1 Å². The molecule has 0 fully saturated rings. The van der Waals surface area contributed by atoms with Gasteiger partial charge in [-0.3, -0.25) is 4.79 Å². The molecule has 6 heteroatoms. The maximum absolute atomic E-state index is 12.6. The first kappa shape index (κ1) is 13.8. The molecule has 6 nitrogen and oxygen atoms in total. The van der Waals surface area contributed by atoms with Gasteiger partial charge in [-0.1, -0.05) is 0 Å². The van der Waals surface area contributed by atoms with Crippen LogP contribution < -0.4 is 4.74 Å². The average molecular weight is 297 g/mol. The minimum Gasteiger partial charge on any atom is -0.508 e. The summed E-state index contributed by atoms with van der Waals surface area (Å²) in [7, 11) is 0. The van der Waals surface area contributed by atoms with Crippen molar-refractivity contribution in [2.24, 2.45) is 0 Å². The van der Waals surface area contributed by atoms with Gasteiger partial charge in [0.25, 0.3) is 0 Å². The largest absolute Gasteiger partial charge is 0.508 e. The highest BCUT2D eigenvalue weighted by molar-refractivity contribution is 6.04. The Balaban J connectivity index is 2.08. The number of phenolic OH excluding ortho intramolecular Hbond substituents is 3. The molecule has 3 N–H and O–H groups in total. The van der Waals surface area contributed by atoms with Crippen molar-refractivity contribution in [3.05, 3.63) is 47.0 Å². The Hall–Kier alpha value is -3.20. The Morgan fingerprint density at radius 2 is 1.91 bits per heavy atom. The Bertz CT molecular complexity index is 822. The van der Waals surface area contributed by atoms with Crippen molar-refractivity contribution in [1.29, 1.82) is 5.26 Å². The van der Waals surface area contributed by atoms with Crippen molar-refractivity contribution < 1.29 is 24.9 Å². The first-order valence-corrected chi connectivity index (χ1v) is 6.47. The molecule has 3 rings (SSSR count). The molecule has 1 unspecified atom stereocenters. The van der Waals surface area contributed by atoms with Gasteiger partial charge in [-0.25, -0.2) is 0 Å². The number of carbonyl (C=O) groups excluding carboxylic acids is 1. The second-order valence-electron chi connectivity index (χ2n) is 4.95. The number of carbonyl (C=O) groups is 1. The van der Waals surface area contributed by atoms with Gasteiger partial charge >= 0.3 is 0 Å². The normalized spacial score (nSPS) is 16.5. The summed E-state index contributed by atoms with van der Waals surface area (Å²) < 4.78 is 5.45. The van der Waals surface area contributed by atoms with Crippen molar-refractivity contribution >= 4 is 5.78 Å². The molecule has 2 aromatic carbocycles. The highest BCUT2D eigenvalue weighted by Gasteiger charge is 2.33. The van der Waals surface area contributed by atoms with E-state index in [0.29, 0.717) is 0 Å². The van der Waals surface area contributed by atoms with Crippen LogP contribution in [-0.4, -0.2) is 27.7 Å². The third-order valence-electron chi connectivity index (χ3n) is 3.57. The summed E-state index contributed by atoms with van der Waals surface area (Å²) in [6, 6.07) is 8.27. The molecule has 110 valence electrons. The van der Waals surface area contributed by atoms with E-state index in [9.17, 15) is 20.1 Å². The quantitative estimate of drug-likeness (QED) is 0.695. The zero-order valence-electron chi connectivity index (χ0n) is 11.3. The number of rotatable bonds is 1. The average Bonchev–Trinajstić information content (AvgIpc) is 2.49. The molecular formula is C16H11NO5. The zero-order valence-corrected chi connectivity index (χ0v) is 11.3. The van der Waals surface area contributed by atoms with Crippen LogP contribution in [0.3, 0.4) is 0 Å². The van der Waals surface area contributed by atoms with Crippen LogP contribution in [0.2, 0.25) is 0 Å². The van der Waals surface area contributed by atoms with Crippen molar-refractivity contribution in [2.45, 2.75) is 5.92 Å². The number of Topliss-reactive ketones (excluding diaryl/α,β-unsaturated/α-hetero) is 1. The number of hydrogen-bond acceptors (Lipinski definition) is 6. The predicted octanol–water partition coefficient (Wildman–Crippen LogP) is 2.03. The molecular weight excluding hydrogens is 286 g/mol. The number of ether oxygens (including phenoxy) is 1. The number of phenols is 3. The summed E-state index contributed by atoms with van der Waals surface area (Å²) in [5.74, 6) is -1.46. The fourth-order valence-corrected chi connectivity index (χ4v) is 2.49. The lowest BCUT2D eigenvalue weighted by atomic mass is 9.87. The third kappa shape index (κ3) is 2.09. The topological polar surface area (TPSA) is 111 Å². The van der Waals surface area contributed by atoms with E-state index in [1.807, 2.05) is 0 Å². The molecule has 1 atom stereocenters. The highest BCUT2D eigenvalue weighted by atomic mass is 16.5. The third-order valence-corrected chi connectivity index (χ3v) is 3.57. The van der Waals surface area contributed by atoms with Crippen LogP contribution in [0, 0.1) is 11.3 Å². The fourth-order valence-electron chi connectivity index (χ4n) is 2.49. The number of hydrogen-bond donors (Lipinski definition) is 3. The predicted molar refractivity (Wildman–Crippen MR) is 75.2 cm³/mol. The fraction of sp³-hybridized carbons (Fsp3) is 0.125. The van der Waals surface area contributed by atoms with Gasteiger partial charge in [-0.15, -0.1) is 0 Å². The molecule has 0 aliphatic carbocycles. The van der Waals surface area contributed by atoms with Crippen LogP contribution >= 0.6 is 0 Å². The van der Waals surface area contributed by atoms with E-state index in [2.05, 4.69) is 0 Å². The summed E-state index contributed by atoms with van der Waals surface area (Å²) in [6.07, 6.45) is 0. The van der Waals surface area contributed by atoms with Gasteiger partial charge in [0, 0.05) is 17.7 Å². The Morgan fingerprint density at radius 1 is 1.14 bits per heavy atom. The van der Waals surface area contributed by atoms with E-state index in [1.54, 1.807) is 6.07 Å². The number of ketones is 1. The summed E-state index contributed by atoms with van der Waals surface area (Å²) in [5, 5.41) is 38.1. The first-order valence-electron chi connectivity index (χ1n) is 6.47. The van der Waals surface area contributed by atoms with Crippen molar-refractivity contribution in [1.82, 2.24) is 0 Å². The Kier molecular flexibility index (Phi) is 3.11. The van der Waals surface area contributed by atoms with Gasteiger partial charge in [0.15, 0.2) is 5.78 Å². The SMILES string of the molecule is N#Cc1cc(O)cc(C2COc3cc(O)ccc3C2=O)c1O. The second-order valence-corrected chi connectivity index (χ2v) is 4.95. The van der Waals surface area contributed by atoms with Gasteiger partial charge in [0.1, 0.15) is 35.7 Å². The van der Waals surface area contributed by atoms with E-state index < -0.39 is 5.92 Å². The van der Waals surface area contributed by atoms with E-state index in [-0.39, 0.29) is 52.1 Å². The molecule has 1 aliphatic heterocycles. The molecule has 0 spiro atoms. The van der Waals surface area contributed by atoms with Gasteiger partial charge in [-0.2, -0.15) is 5.26 Å². The Morgan fingerprint density at radius 3 is 2.64 bits per heavy atom. The summed E-state index contributed by atoms with van der Waals surface area (Å²) in [4.78, 5) is 12.6. The molecule has 0 saturated carbocycles. The minimum absolute atomic E-state index is 0.0167. The lowest BCUT2D eigenvalue weighted by Gasteiger charge is -2.25. The van der Waals surface area contributed by atoms with Crippen LogP contribution in [-0.2, 0) is 0 Å². The van der Waals surface area contributed by atoms with Gasteiger partial charge in [-0.05, 0) is 18.2 Å². The maximum Gasteiger partial charge on any atom is 0.177 e. The van der Waals surface area contributed by atoms with E-state index in [1.165, 1.54) is 24.3 Å². The molecule has 1 aliphatic rings. The Labute approximate surface area is 125 Å². The van der Waals surface area contributed by atoms with Gasteiger partial charge in [0.2, 0.25) is 0 Å². The number of aromatic hydroxyl groups is 3. The van der Waals surface area contributed by atoms with Crippen molar-refractivity contribution in [2.75, 3.05) is 6.61 Å². The molecule has 22 heavy (non-hydrogen) atoms. The second kappa shape index (κ2) is 4.97. The zero-order chi connectivity index (χ0) is 15.9. The molecule has 0 amide bonds. The number of fused-ring (bicyclic) bond motifs is 1. The number of nitriles is 1. The van der Waals surface area contributed by atoms with Crippen LogP contribution in [0.4, 0.5) is 0 Å². The summed E-state index contributed by atoms with van der Waals surface area (Å²) in [5.41, 5.74) is 0.301. The minimum atomic E-state index is -0.837. The van der Waals surface area contributed by atoms with Crippen molar-refractivity contribution in [3.63, 3.8) is 0 Å². The smallest absolute Gasteiger partial charge is 0.177 e. The molecule has 1 heterocycles. The lowest BCUT2D eigenvalue weighted by Crippen LogP contribution is -2.26. The lowest BCUT2D eigenvalue weighted by molar-refractivity contribution is 0.0894. The molecule has 0 radical (unpaired) electrons. The number of nitrogens with zero attached hydrogens (tertiary/aromatic N) is 1. The first-order chi connectivity index (χ1) is 10.5. The van der Waals surface area contributed by atoms with E-state index in [4.69, 9.17) is 10.00 Å². The van der Waals surface area contributed by atoms with E-state index in [0.717, 1.165) is 6.07 Å². The van der Waals surface area contributed by atoms with Crippen LogP contribution in [0.5, 0.6) is 23.0 Å². The monoisotopic (exact) mass is 297 g/mol. The maximum atomic E-state index is 12.6. The van der Waals surface area contributed by atoms with Crippen LogP contribution in [0.1, 0.15) is 27.4 Å². The van der Waals surface area contributed by atoms with E-state index >= 15 is 0 Å². The standard InChI is InChI=1S/C16H11NO5/c17-6-8-3-10(19)4-12(15(8)20)13-7-22-14-5-9(18)1-2-11(14)16(13)21/h1-5,13,18-20H,7H2. The van der Waals surface area contributed by atoms with Gasteiger partial charge < -0.3 is 20.1 Å². The molecule has 0 saturated heterocycles.